The highest BCUT2D eigenvalue weighted by atomic mass is 79.9. The summed E-state index contributed by atoms with van der Waals surface area (Å²) in [6, 6.07) is 3.84. The standard InChI is InChI=1S/C13H15Br2N3O/c14-11-6-10(7-12(15)13(11)19)8-16-2-1-4-18-5-3-17-9-18/h3,5-7,9,16,19H,1-2,4,8H2. The first-order valence-corrected chi connectivity index (χ1v) is 7.59. The van der Waals surface area contributed by atoms with Gasteiger partial charge in [-0.25, -0.2) is 4.98 Å². The van der Waals surface area contributed by atoms with Crippen LogP contribution in [0.5, 0.6) is 5.75 Å². The molecule has 19 heavy (non-hydrogen) atoms. The molecule has 0 aliphatic rings. The van der Waals surface area contributed by atoms with Crippen LogP contribution in [0.2, 0.25) is 0 Å². The first-order valence-electron chi connectivity index (χ1n) is 6.00. The van der Waals surface area contributed by atoms with Gasteiger partial charge in [0.25, 0.3) is 0 Å². The third-order valence-corrected chi connectivity index (χ3v) is 3.94. The lowest BCUT2D eigenvalue weighted by atomic mass is 10.2. The van der Waals surface area contributed by atoms with Crippen LogP contribution in [0.3, 0.4) is 0 Å². The number of halogens is 2. The van der Waals surface area contributed by atoms with Crippen molar-refractivity contribution in [1.29, 1.82) is 0 Å². The Hall–Kier alpha value is -0.850. The molecule has 2 aromatic rings. The van der Waals surface area contributed by atoms with Crippen LogP contribution >= 0.6 is 31.9 Å². The Morgan fingerprint density at radius 1 is 1.26 bits per heavy atom. The molecule has 0 saturated heterocycles. The Balaban J connectivity index is 1.74. The molecule has 4 nitrogen and oxygen atoms in total. The zero-order valence-electron chi connectivity index (χ0n) is 10.3. The topological polar surface area (TPSA) is 50.1 Å². The molecular weight excluding hydrogens is 374 g/mol. The summed E-state index contributed by atoms with van der Waals surface area (Å²) in [4.78, 5) is 4.00. The Morgan fingerprint density at radius 3 is 2.63 bits per heavy atom. The molecule has 0 aliphatic heterocycles. The lowest BCUT2D eigenvalue weighted by Crippen LogP contribution is -2.16. The first kappa shape index (κ1) is 14.6. The fourth-order valence-corrected chi connectivity index (χ4v) is 3.04. The van der Waals surface area contributed by atoms with Gasteiger partial charge in [-0.15, -0.1) is 0 Å². The van der Waals surface area contributed by atoms with Crippen LogP contribution in [-0.4, -0.2) is 21.2 Å². The molecule has 6 heteroatoms. The van der Waals surface area contributed by atoms with E-state index in [2.05, 4.69) is 46.7 Å². The van der Waals surface area contributed by atoms with Gasteiger partial charge in [-0.05, 0) is 62.5 Å². The van der Waals surface area contributed by atoms with Crippen molar-refractivity contribution in [2.24, 2.45) is 0 Å². The summed E-state index contributed by atoms with van der Waals surface area (Å²) >= 11 is 6.66. The Kier molecular flexibility index (Phi) is 5.42. The van der Waals surface area contributed by atoms with Gasteiger partial charge in [0.1, 0.15) is 5.75 Å². The second-order valence-corrected chi connectivity index (χ2v) is 5.95. The molecule has 0 saturated carbocycles. The molecule has 0 atom stereocenters. The van der Waals surface area contributed by atoms with Crippen molar-refractivity contribution < 1.29 is 5.11 Å². The minimum Gasteiger partial charge on any atom is -0.506 e. The number of imidazole rings is 1. The zero-order valence-corrected chi connectivity index (χ0v) is 13.5. The maximum absolute atomic E-state index is 9.62. The van der Waals surface area contributed by atoms with E-state index in [1.807, 2.05) is 24.7 Å². The van der Waals surface area contributed by atoms with Gasteiger partial charge in [0.15, 0.2) is 0 Å². The van der Waals surface area contributed by atoms with Crippen molar-refractivity contribution in [3.05, 3.63) is 45.4 Å². The number of hydrogen-bond donors (Lipinski definition) is 2. The van der Waals surface area contributed by atoms with Crippen LogP contribution in [0.25, 0.3) is 0 Å². The van der Waals surface area contributed by atoms with Crippen LogP contribution in [0.1, 0.15) is 12.0 Å². The van der Waals surface area contributed by atoms with E-state index in [0.717, 1.165) is 31.6 Å². The molecule has 102 valence electrons. The van der Waals surface area contributed by atoms with Crippen molar-refractivity contribution in [2.75, 3.05) is 6.54 Å². The monoisotopic (exact) mass is 387 g/mol. The normalized spacial score (nSPS) is 10.8. The molecule has 0 aliphatic carbocycles. The number of benzene rings is 1. The quantitative estimate of drug-likeness (QED) is 0.746. The van der Waals surface area contributed by atoms with Crippen molar-refractivity contribution in [3.8, 4) is 5.75 Å². The molecule has 1 heterocycles. The number of rotatable bonds is 6. The lowest BCUT2D eigenvalue weighted by molar-refractivity contribution is 0.468. The number of aryl methyl sites for hydroxylation is 1. The average Bonchev–Trinajstić information content (AvgIpc) is 2.88. The Bertz CT molecular complexity index is 506. The predicted molar refractivity (Wildman–Crippen MR) is 82.1 cm³/mol. The Morgan fingerprint density at radius 2 is 2.00 bits per heavy atom. The summed E-state index contributed by atoms with van der Waals surface area (Å²) in [7, 11) is 0. The van der Waals surface area contributed by atoms with Gasteiger partial charge >= 0.3 is 0 Å². The number of aromatic nitrogens is 2. The van der Waals surface area contributed by atoms with Gasteiger partial charge in [-0.2, -0.15) is 0 Å². The zero-order chi connectivity index (χ0) is 13.7. The van der Waals surface area contributed by atoms with Crippen molar-refractivity contribution in [3.63, 3.8) is 0 Å². The molecular formula is C13H15Br2N3O. The van der Waals surface area contributed by atoms with E-state index in [9.17, 15) is 5.11 Å². The van der Waals surface area contributed by atoms with Crippen LogP contribution in [0.4, 0.5) is 0 Å². The molecule has 0 amide bonds. The van der Waals surface area contributed by atoms with Crippen LogP contribution in [-0.2, 0) is 13.1 Å². The lowest BCUT2D eigenvalue weighted by Gasteiger charge is -2.08. The van der Waals surface area contributed by atoms with E-state index >= 15 is 0 Å². The molecule has 2 N–H and O–H groups in total. The SMILES string of the molecule is Oc1c(Br)cc(CNCCCn2ccnc2)cc1Br. The second kappa shape index (κ2) is 7.07. The molecule has 0 radical (unpaired) electrons. The van der Waals surface area contributed by atoms with Gasteiger partial charge < -0.3 is 15.0 Å². The summed E-state index contributed by atoms with van der Waals surface area (Å²) in [6.07, 6.45) is 6.64. The van der Waals surface area contributed by atoms with E-state index in [4.69, 9.17) is 0 Å². The summed E-state index contributed by atoms with van der Waals surface area (Å²) in [5.74, 6) is 0.240. The smallest absolute Gasteiger partial charge is 0.143 e. The van der Waals surface area contributed by atoms with E-state index in [-0.39, 0.29) is 5.75 Å². The number of phenols is 1. The number of nitrogens with zero attached hydrogens (tertiary/aromatic N) is 2. The van der Waals surface area contributed by atoms with Gasteiger partial charge in [0.05, 0.1) is 15.3 Å². The van der Waals surface area contributed by atoms with Gasteiger partial charge in [-0.3, -0.25) is 0 Å². The number of hydrogen-bond acceptors (Lipinski definition) is 3. The van der Waals surface area contributed by atoms with E-state index < -0.39 is 0 Å². The second-order valence-electron chi connectivity index (χ2n) is 4.24. The first-order chi connectivity index (χ1) is 9.16. The van der Waals surface area contributed by atoms with E-state index in [1.165, 1.54) is 0 Å². The van der Waals surface area contributed by atoms with Crippen molar-refractivity contribution in [1.82, 2.24) is 14.9 Å². The predicted octanol–water partition coefficient (Wildman–Crippen LogP) is 3.29. The molecule has 0 spiro atoms. The third-order valence-electron chi connectivity index (χ3n) is 2.73. The van der Waals surface area contributed by atoms with Crippen LogP contribution < -0.4 is 5.32 Å². The maximum Gasteiger partial charge on any atom is 0.143 e. The van der Waals surface area contributed by atoms with E-state index in [1.54, 1.807) is 6.20 Å². The van der Waals surface area contributed by atoms with Gasteiger partial charge in [0.2, 0.25) is 0 Å². The van der Waals surface area contributed by atoms with Gasteiger partial charge in [0, 0.05) is 25.5 Å². The molecule has 0 bridgehead atoms. The van der Waals surface area contributed by atoms with E-state index in [0.29, 0.717) is 8.95 Å². The molecule has 0 fully saturated rings. The highest BCUT2D eigenvalue weighted by Gasteiger charge is 2.05. The van der Waals surface area contributed by atoms with Crippen LogP contribution in [0, 0.1) is 0 Å². The number of nitrogens with one attached hydrogen (secondary N) is 1. The highest BCUT2D eigenvalue weighted by Crippen LogP contribution is 2.33. The minimum atomic E-state index is 0.240. The van der Waals surface area contributed by atoms with Crippen LogP contribution in [0.15, 0.2) is 39.8 Å². The van der Waals surface area contributed by atoms with Crippen molar-refractivity contribution in [2.45, 2.75) is 19.5 Å². The minimum absolute atomic E-state index is 0.240. The van der Waals surface area contributed by atoms with Gasteiger partial charge in [-0.1, -0.05) is 0 Å². The average molecular weight is 389 g/mol. The largest absolute Gasteiger partial charge is 0.506 e. The summed E-state index contributed by atoms with van der Waals surface area (Å²) in [5, 5.41) is 13.0. The van der Waals surface area contributed by atoms with Crippen molar-refractivity contribution >= 4 is 31.9 Å². The molecule has 2 rings (SSSR count). The molecule has 1 aromatic heterocycles. The number of phenolic OH excluding ortho intramolecular Hbond substituents is 1. The molecule has 0 unspecified atom stereocenters. The number of aromatic hydroxyl groups is 1. The fraction of sp³-hybridized carbons (Fsp3) is 0.308. The molecule has 1 aromatic carbocycles. The highest BCUT2D eigenvalue weighted by molar-refractivity contribution is 9.11. The Labute approximate surface area is 129 Å². The third kappa shape index (κ3) is 4.33. The maximum atomic E-state index is 9.62. The summed E-state index contributed by atoms with van der Waals surface area (Å²) < 4.78 is 3.48. The fourth-order valence-electron chi connectivity index (χ4n) is 1.76. The summed E-state index contributed by atoms with van der Waals surface area (Å²) in [5.41, 5.74) is 1.12. The summed E-state index contributed by atoms with van der Waals surface area (Å²) in [6.45, 7) is 2.69.